The number of pyridine rings is 1. The summed E-state index contributed by atoms with van der Waals surface area (Å²) in [5.41, 5.74) is 5.91. The molecule has 0 saturated heterocycles. The van der Waals surface area contributed by atoms with Crippen molar-refractivity contribution in [2.75, 3.05) is 0 Å². The monoisotopic (exact) mass is 279 g/mol. The van der Waals surface area contributed by atoms with Crippen LogP contribution in [0.3, 0.4) is 0 Å². The van der Waals surface area contributed by atoms with Crippen LogP contribution in [0, 0.1) is 0 Å². The second kappa shape index (κ2) is 5.70. The Kier molecular flexibility index (Phi) is 4.00. The van der Waals surface area contributed by atoms with Gasteiger partial charge in [0.2, 0.25) is 5.88 Å². The van der Waals surface area contributed by atoms with E-state index in [1.54, 1.807) is 30.4 Å². The second-order valence-electron chi connectivity index (χ2n) is 3.83. The molecule has 0 aromatic carbocycles. The van der Waals surface area contributed by atoms with E-state index in [-0.39, 0.29) is 11.1 Å². The van der Waals surface area contributed by atoms with Crippen LogP contribution in [0.4, 0.5) is 4.79 Å². The summed E-state index contributed by atoms with van der Waals surface area (Å²) in [4.78, 5) is 14.6. The number of primary amides is 1. The third kappa shape index (κ3) is 3.44. The lowest BCUT2D eigenvalue weighted by molar-refractivity contribution is 0.209. The molecule has 2 rings (SSSR count). The van der Waals surface area contributed by atoms with Gasteiger partial charge in [0.1, 0.15) is 6.33 Å². The zero-order chi connectivity index (χ0) is 13.8. The molecule has 2 heterocycles. The third-order valence-electron chi connectivity index (χ3n) is 2.39. The highest BCUT2D eigenvalue weighted by Crippen LogP contribution is 2.33. The first kappa shape index (κ1) is 13.3. The number of rotatable bonds is 4. The Morgan fingerprint density at radius 2 is 2.37 bits per heavy atom. The molecule has 0 fully saturated rings. The second-order valence-corrected chi connectivity index (χ2v) is 5.14. The number of nitrogens with two attached hydrogens (primary N) is 1. The van der Waals surface area contributed by atoms with Gasteiger partial charge in [-0.15, -0.1) is 10.2 Å². The van der Waals surface area contributed by atoms with Crippen LogP contribution >= 0.6 is 11.8 Å². The first-order valence-electron chi connectivity index (χ1n) is 5.50. The van der Waals surface area contributed by atoms with Crippen molar-refractivity contribution >= 4 is 17.9 Å². The fourth-order valence-electron chi connectivity index (χ4n) is 1.44. The van der Waals surface area contributed by atoms with Crippen molar-refractivity contribution in [3.63, 3.8) is 0 Å². The fourth-order valence-corrected chi connectivity index (χ4v) is 2.35. The van der Waals surface area contributed by atoms with Crippen molar-refractivity contribution in [1.29, 1.82) is 0 Å². The Morgan fingerprint density at radius 1 is 1.58 bits per heavy atom. The molecule has 0 saturated carbocycles. The first-order valence-corrected chi connectivity index (χ1v) is 6.38. The van der Waals surface area contributed by atoms with Gasteiger partial charge < -0.3 is 15.0 Å². The smallest absolute Gasteiger partial charge is 0.391 e. The zero-order valence-corrected chi connectivity index (χ0v) is 11.3. The van der Waals surface area contributed by atoms with Gasteiger partial charge in [-0.1, -0.05) is 11.8 Å². The van der Waals surface area contributed by atoms with E-state index in [0.717, 1.165) is 10.7 Å². The SMILES string of the molecule is C[C@H](Sc1nncn1C)c1ccnc(OC(N)=O)c1. The van der Waals surface area contributed by atoms with Gasteiger partial charge in [-0.2, -0.15) is 0 Å². The Morgan fingerprint density at radius 3 is 3.00 bits per heavy atom. The predicted molar refractivity (Wildman–Crippen MR) is 69.7 cm³/mol. The molecule has 2 N–H and O–H groups in total. The molecule has 2 aromatic heterocycles. The highest BCUT2D eigenvalue weighted by molar-refractivity contribution is 7.99. The Hall–Kier alpha value is -2.09. The number of amides is 1. The Bertz CT molecular complexity index is 586. The molecule has 8 heteroatoms. The summed E-state index contributed by atoms with van der Waals surface area (Å²) in [5, 5.41) is 8.75. The van der Waals surface area contributed by atoms with Crippen molar-refractivity contribution in [2.24, 2.45) is 12.8 Å². The molecule has 2 aromatic rings. The number of ether oxygens (including phenoxy) is 1. The average molecular weight is 279 g/mol. The van der Waals surface area contributed by atoms with Gasteiger partial charge in [0.25, 0.3) is 0 Å². The van der Waals surface area contributed by atoms with E-state index >= 15 is 0 Å². The minimum absolute atomic E-state index is 0.112. The van der Waals surface area contributed by atoms with Gasteiger partial charge >= 0.3 is 6.09 Å². The van der Waals surface area contributed by atoms with Gasteiger partial charge in [0.15, 0.2) is 5.16 Å². The van der Waals surface area contributed by atoms with Crippen LogP contribution in [0.25, 0.3) is 0 Å². The van der Waals surface area contributed by atoms with Crippen LogP contribution in [0.5, 0.6) is 5.88 Å². The summed E-state index contributed by atoms with van der Waals surface area (Å²) >= 11 is 1.55. The molecule has 19 heavy (non-hydrogen) atoms. The lowest BCUT2D eigenvalue weighted by Crippen LogP contribution is -2.17. The molecule has 0 bridgehead atoms. The minimum Gasteiger partial charge on any atom is -0.391 e. The fraction of sp³-hybridized carbons (Fsp3) is 0.273. The van der Waals surface area contributed by atoms with Crippen molar-refractivity contribution in [1.82, 2.24) is 19.7 Å². The van der Waals surface area contributed by atoms with Crippen LogP contribution in [-0.4, -0.2) is 25.8 Å². The van der Waals surface area contributed by atoms with Crippen molar-refractivity contribution in [3.05, 3.63) is 30.2 Å². The summed E-state index contributed by atoms with van der Waals surface area (Å²) in [7, 11) is 1.88. The quantitative estimate of drug-likeness (QED) is 0.852. The maximum atomic E-state index is 10.7. The Labute approximate surface area is 114 Å². The van der Waals surface area contributed by atoms with Gasteiger partial charge in [0, 0.05) is 24.6 Å². The number of aromatic nitrogens is 4. The minimum atomic E-state index is -0.877. The van der Waals surface area contributed by atoms with Crippen LogP contribution in [0.1, 0.15) is 17.7 Å². The van der Waals surface area contributed by atoms with Gasteiger partial charge in [0.05, 0.1) is 0 Å². The van der Waals surface area contributed by atoms with Crippen LogP contribution in [0.15, 0.2) is 29.8 Å². The lowest BCUT2D eigenvalue weighted by Gasteiger charge is -2.11. The van der Waals surface area contributed by atoms with Gasteiger partial charge in [-0.25, -0.2) is 9.78 Å². The normalized spacial score (nSPS) is 12.1. The summed E-state index contributed by atoms with van der Waals surface area (Å²) in [6.07, 6.45) is 2.34. The predicted octanol–water partition coefficient (Wildman–Crippen LogP) is 1.52. The van der Waals surface area contributed by atoms with E-state index in [2.05, 4.69) is 15.2 Å². The zero-order valence-electron chi connectivity index (χ0n) is 10.5. The third-order valence-corrected chi connectivity index (χ3v) is 3.59. The number of carbonyl (C=O) groups is 1. The van der Waals surface area contributed by atoms with E-state index < -0.39 is 6.09 Å². The standard InChI is InChI=1S/C11H13N5O2S/c1-7(19-11-15-14-6-16(11)2)8-3-4-13-9(5-8)18-10(12)17/h3-7H,1-2H3,(H2,12,17)/t7-/m0/s1. The van der Waals surface area contributed by atoms with Crippen molar-refractivity contribution < 1.29 is 9.53 Å². The molecule has 1 amide bonds. The number of thioether (sulfide) groups is 1. The van der Waals surface area contributed by atoms with Gasteiger partial charge in [-0.3, -0.25) is 0 Å². The molecule has 7 nitrogen and oxygen atoms in total. The van der Waals surface area contributed by atoms with E-state index in [1.165, 1.54) is 0 Å². The molecule has 0 aliphatic rings. The maximum Gasteiger partial charge on any atom is 0.411 e. The molecule has 0 aliphatic heterocycles. The highest BCUT2D eigenvalue weighted by atomic mass is 32.2. The largest absolute Gasteiger partial charge is 0.411 e. The summed E-state index contributed by atoms with van der Waals surface area (Å²) in [6.45, 7) is 2.02. The molecular formula is C11H13N5O2S. The van der Waals surface area contributed by atoms with E-state index in [0.29, 0.717) is 0 Å². The number of carbonyl (C=O) groups excluding carboxylic acids is 1. The first-order chi connectivity index (χ1) is 9.06. The average Bonchev–Trinajstić information content (AvgIpc) is 2.74. The van der Waals surface area contributed by atoms with Crippen molar-refractivity contribution in [3.8, 4) is 5.88 Å². The molecular weight excluding hydrogens is 266 g/mol. The molecule has 0 spiro atoms. The number of hydrogen-bond donors (Lipinski definition) is 1. The van der Waals surface area contributed by atoms with Gasteiger partial charge in [-0.05, 0) is 18.6 Å². The van der Waals surface area contributed by atoms with Crippen LogP contribution in [0.2, 0.25) is 0 Å². The molecule has 100 valence electrons. The molecule has 0 unspecified atom stereocenters. The highest BCUT2D eigenvalue weighted by Gasteiger charge is 2.12. The molecule has 1 atom stereocenters. The summed E-state index contributed by atoms with van der Waals surface area (Å²) in [5.74, 6) is 0.190. The number of nitrogens with zero attached hydrogens (tertiary/aromatic N) is 4. The summed E-state index contributed by atoms with van der Waals surface area (Å²) < 4.78 is 6.59. The van der Waals surface area contributed by atoms with Crippen LogP contribution < -0.4 is 10.5 Å². The van der Waals surface area contributed by atoms with E-state index in [9.17, 15) is 4.79 Å². The Balaban J connectivity index is 2.12. The van der Waals surface area contributed by atoms with Crippen molar-refractivity contribution in [2.45, 2.75) is 17.3 Å². The number of hydrogen-bond acceptors (Lipinski definition) is 6. The molecule has 0 aliphatic carbocycles. The topological polar surface area (TPSA) is 95.9 Å². The van der Waals surface area contributed by atoms with E-state index in [1.807, 2.05) is 24.6 Å². The van der Waals surface area contributed by atoms with Crippen LogP contribution in [-0.2, 0) is 7.05 Å². The summed E-state index contributed by atoms with van der Waals surface area (Å²) in [6, 6.07) is 3.53. The number of aryl methyl sites for hydroxylation is 1. The molecule has 0 radical (unpaired) electrons. The maximum absolute atomic E-state index is 10.7. The lowest BCUT2D eigenvalue weighted by atomic mass is 10.2. The van der Waals surface area contributed by atoms with E-state index in [4.69, 9.17) is 10.5 Å².